The first-order chi connectivity index (χ1) is 12.6. The molecule has 0 radical (unpaired) electrons. The number of nitrogens with one attached hydrogen (secondary N) is 1. The van der Waals surface area contributed by atoms with Crippen LogP contribution in [0.5, 0.6) is 0 Å². The molecule has 0 unspecified atom stereocenters. The largest absolute Gasteiger partial charge is 0.416 e. The SMILES string of the molecule is Cc1ccc(S(=O)(=O)Nc2cnc(-c3ccc(C(F)(F)F)cc3)cn2)cc1. The lowest BCUT2D eigenvalue weighted by Gasteiger charge is -2.09. The van der Waals surface area contributed by atoms with Crippen LogP contribution in [0.4, 0.5) is 19.0 Å². The van der Waals surface area contributed by atoms with Gasteiger partial charge in [-0.15, -0.1) is 0 Å². The highest BCUT2D eigenvalue weighted by Gasteiger charge is 2.30. The smallest absolute Gasteiger partial charge is 0.262 e. The summed E-state index contributed by atoms with van der Waals surface area (Å²) in [5, 5.41) is 0. The van der Waals surface area contributed by atoms with Gasteiger partial charge in [0.05, 0.1) is 28.5 Å². The van der Waals surface area contributed by atoms with E-state index in [1.165, 1.54) is 36.7 Å². The molecule has 0 atom stereocenters. The van der Waals surface area contributed by atoms with Crippen LogP contribution >= 0.6 is 0 Å². The normalized spacial score (nSPS) is 12.0. The first-order valence-corrected chi connectivity index (χ1v) is 9.23. The second-order valence-electron chi connectivity index (χ2n) is 5.78. The molecular weight excluding hydrogens is 379 g/mol. The Kier molecular flexibility index (Phi) is 4.88. The maximum atomic E-state index is 12.6. The molecule has 5 nitrogen and oxygen atoms in total. The first-order valence-electron chi connectivity index (χ1n) is 7.74. The van der Waals surface area contributed by atoms with E-state index in [0.717, 1.165) is 17.7 Å². The fraction of sp³-hybridized carbons (Fsp3) is 0.111. The fourth-order valence-electron chi connectivity index (χ4n) is 2.27. The van der Waals surface area contributed by atoms with Crippen molar-refractivity contribution < 1.29 is 21.6 Å². The van der Waals surface area contributed by atoms with Crippen molar-refractivity contribution in [1.82, 2.24) is 9.97 Å². The summed E-state index contributed by atoms with van der Waals surface area (Å²) in [6.07, 6.45) is -1.92. The number of anilines is 1. The van der Waals surface area contributed by atoms with Crippen molar-refractivity contribution in [3.8, 4) is 11.3 Å². The van der Waals surface area contributed by atoms with Crippen molar-refractivity contribution in [2.45, 2.75) is 18.0 Å². The maximum Gasteiger partial charge on any atom is 0.416 e. The van der Waals surface area contributed by atoms with Crippen molar-refractivity contribution in [3.63, 3.8) is 0 Å². The summed E-state index contributed by atoms with van der Waals surface area (Å²) in [5.74, 6) is 0.00577. The summed E-state index contributed by atoms with van der Waals surface area (Å²) in [4.78, 5) is 8.13. The van der Waals surface area contributed by atoms with Gasteiger partial charge in [-0.1, -0.05) is 29.8 Å². The van der Waals surface area contributed by atoms with E-state index in [9.17, 15) is 21.6 Å². The minimum absolute atomic E-state index is 0.00577. The molecule has 9 heteroatoms. The van der Waals surface area contributed by atoms with Gasteiger partial charge in [-0.3, -0.25) is 9.71 Å². The van der Waals surface area contributed by atoms with Crippen LogP contribution < -0.4 is 4.72 Å². The minimum atomic E-state index is -4.41. The highest BCUT2D eigenvalue weighted by Crippen LogP contribution is 2.30. The second-order valence-corrected chi connectivity index (χ2v) is 7.46. The average Bonchev–Trinajstić information content (AvgIpc) is 2.62. The van der Waals surface area contributed by atoms with Crippen LogP contribution in [0.2, 0.25) is 0 Å². The lowest BCUT2D eigenvalue weighted by atomic mass is 10.1. The number of alkyl halides is 3. The molecule has 0 saturated carbocycles. The standard InChI is InChI=1S/C18H14F3N3O2S/c1-12-2-8-15(9-3-12)27(25,26)24-17-11-22-16(10-23-17)13-4-6-14(7-5-13)18(19,20)21/h2-11H,1H3,(H,23,24). The molecule has 0 aliphatic rings. The molecule has 0 aliphatic carbocycles. The van der Waals surface area contributed by atoms with Crippen LogP contribution in [-0.2, 0) is 16.2 Å². The summed E-state index contributed by atoms with van der Waals surface area (Å²) in [7, 11) is -3.81. The van der Waals surface area contributed by atoms with Gasteiger partial charge in [0.2, 0.25) is 0 Å². The molecule has 0 aliphatic heterocycles. The molecular formula is C18H14F3N3O2S. The number of benzene rings is 2. The molecule has 0 saturated heterocycles. The van der Waals surface area contributed by atoms with E-state index in [4.69, 9.17) is 0 Å². The second kappa shape index (κ2) is 6.99. The van der Waals surface area contributed by atoms with Gasteiger partial charge >= 0.3 is 6.18 Å². The summed E-state index contributed by atoms with van der Waals surface area (Å²) in [5.41, 5.74) is 0.918. The lowest BCUT2D eigenvalue weighted by Crippen LogP contribution is -2.14. The Labute approximate surface area is 154 Å². The topological polar surface area (TPSA) is 72.0 Å². The molecule has 140 valence electrons. The van der Waals surface area contributed by atoms with Crippen molar-refractivity contribution in [1.29, 1.82) is 0 Å². The van der Waals surface area contributed by atoms with Gasteiger partial charge in [-0.2, -0.15) is 13.2 Å². The Morgan fingerprint density at radius 2 is 1.52 bits per heavy atom. The van der Waals surface area contributed by atoms with E-state index in [2.05, 4.69) is 14.7 Å². The predicted octanol–water partition coefficient (Wildman–Crippen LogP) is 4.27. The number of rotatable bonds is 4. The van der Waals surface area contributed by atoms with E-state index >= 15 is 0 Å². The highest BCUT2D eigenvalue weighted by molar-refractivity contribution is 7.92. The van der Waals surface area contributed by atoms with Crippen LogP contribution in [0.25, 0.3) is 11.3 Å². The molecule has 0 spiro atoms. The zero-order valence-corrected chi connectivity index (χ0v) is 14.8. The van der Waals surface area contributed by atoms with Crippen molar-refractivity contribution in [2.24, 2.45) is 0 Å². The summed E-state index contributed by atoms with van der Waals surface area (Å²) in [6.45, 7) is 1.84. The predicted molar refractivity (Wildman–Crippen MR) is 94.5 cm³/mol. The summed E-state index contributed by atoms with van der Waals surface area (Å²) >= 11 is 0. The van der Waals surface area contributed by atoms with Crippen molar-refractivity contribution in [3.05, 3.63) is 72.1 Å². The third-order valence-corrected chi connectivity index (χ3v) is 5.10. The van der Waals surface area contributed by atoms with E-state index in [0.29, 0.717) is 11.3 Å². The molecule has 0 bridgehead atoms. The molecule has 1 heterocycles. The first kappa shape index (κ1) is 18.8. The monoisotopic (exact) mass is 393 g/mol. The van der Waals surface area contributed by atoms with Gasteiger partial charge in [0.1, 0.15) is 0 Å². The molecule has 2 aromatic carbocycles. The van der Waals surface area contributed by atoms with Crippen LogP contribution in [0.15, 0.2) is 65.8 Å². The van der Waals surface area contributed by atoms with Gasteiger partial charge in [0.25, 0.3) is 10.0 Å². The molecule has 0 fully saturated rings. The van der Waals surface area contributed by atoms with Crippen LogP contribution in [0, 0.1) is 6.92 Å². The van der Waals surface area contributed by atoms with E-state index in [-0.39, 0.29) is 10.7 Å². The fourth-order valence-corrected chi connectivity index (χ4v) is 3.27. The number of aromatic nitrogens is 2. The molecule has 3 rings (SSSR count). The molecule has 1 aromatic heterocycles. The maximum absolute atomic E-state index is 12.6. The van der Waals surface area contributed by atoms with E-state index < -0.39 is 21.8 Å². The zero-order valence-electron chi connectivity index (χ0n) is 14.0. The van der Waals surface area contributed by atoms with Gasteiger partial charge in [-0.05, 0) is 31.2 Å². The van der Waals surface area contributed by atoms with E-state index in [1.807, 2.05) is 6.92 Å². The number of hydrogen-bond donors (Lipinski definition) is 1. The molecule has 1 N–H and O–H groups in total. The molecule has 0 amide bonds. The Balaban J connectivity index is 1.78. The van der Waals surface area contributed by atoms with Gasteiger partial charge in [-0.25, -0.2) is 13.4 Å². The number of aryl methyl sites for hydroxylation is 1. The summed E-state index contributed by atoms with van der Waals surface area (Å²) < 4.78 is 64.7. The third-order valence-electron chi connectivity index (χ3n) is 3.73. The lowest BCUT2D eigenvalue weighted by molar-refractivity contribution is -0.137. The molecule has 27 heavy (non-hydrogen) atoms. The average molecular weight is 393 g/mol. The highest BCUT2D eigenvalue weighted by atomic mass is 32.2. The van der Waals surface area contributed by atoms with Crippen molar-refractivity contribution >= 4 is 15.8 Å². The van der Waals surface area contributed by atoms with Crippen LogP contribution in [0.1, 0.15) is 11.1 Å². The van der Waals surface area contributed by atoms with E-state index in [1.54, 1.807) is 12.1 Å². The Morgan fingerprint density at radius 3 is 2.04 bits per heavy atom. The minimum Gasteiger partial charge on any atom is -0.262 e. The number of hydrogen-bond acceptors (Lipinski definition) is 4. The Morgan fingerprint density at radius 1 is 0.889 bits per heavy atom. The zero-order chi connectivity index (χ0) is 19.7. The molecule has 3 aromatic rings. The van der Waals surface area contributed by atoms with Gasteiger partial charge in [0, 0.05) is 5.56 Å². The van der Waals surface area contributed by atoms with Crippen LogP contribution in [0.3, 0.4) is 0 Å². The Bertz CT molecular complexity index is 1030. The number of sulfonamides is 1. The van der Waals surface area contributed by atoms with Gasteiger partial charge < -0.3 is 0 Å². The quantitative estimate of drug-likeness (QED) is 0.719. The number of nitrogens with zero attached hydrogens (tertiary/aromatic N) is 2. The van der Waals surface area contributed by atoms with Gasteiger partial charge in [0.15, 0.2) is 5.82 Å². The van der Waals surface area contributed by atoms with Crippen molar-refractivity contribution in [2.75, 3.05) is 4.72 Å². The van der Waals surface area contributed by atoms with Crippen LogP contribution in [-0.4, -0.2) is 18.4 Å². The summed E-state index contributed by atoms with van der Waals surface area (Å²) in [6, 6.07) is 10.8. The number of halogens is 3. The third kappa shape index (κ3) is 4.43. The Hall–Kier alpha value is -2.94.